The van der Waals surface area contributed by atoms with Crippen molar-refractivity contribution in [2.75, 3.05) is 26.2 Å². The molecule has 1 aromatic rings. The highest BCUT2D eigenvalue weighted by Gasteiger charge is 2.29. The average molecular weight is 435 g/mol. The highest BCUT2D eigenvalue weighted by Crippen LogP contribution is 2.22. The summed E-state index contributed by atoms with van der Waals surface area (Å²) in [4.78, 5) is 12.4. The summed E-state index contributed by atoms with van der Waals surface area (Å²) in [5.41, 5.74) is 0.850. The largest absolute Gasteiger partial charge is 0.378 e. The van der Waals surface area contributed by atoms with Crippen molar-refractivity contribution < 1.29 is 17.9 Å². The molecular formula is C23H34N2O4S. The molecule has 0 radical (unpaired) electrons. The quantitative estimate of drug-likeness (QED) is 0.603. The van der Waals surface area contributed by atoms with E-state index in [0.717, 1.165) is 24.8 Å². The van der Waals surface area contributed by atoms with Crippen molar-refractivity contribution in [2.45, 2.75) is 57.5 Å². The standard InChI is InChI=1S/C23H34N2O4S/c26-23(24-15-7-18-29-22-10-5-2-6-11-22)21-12-16-25(17-13-21)30(27,28)19-14-20-8-3-1-4-9-20/h1,3-4,8-9,14,19,21-22H,2,5-7,10-13,15-18H2,(H,24,26)/b19-14+. The molecule has 1 aliphatic heterocycles. The number of carbonyl (C=O) groups is 1. The van der Waals surface area contributed by atoms with Gasteiger partial charge in [-0.2, -0.15) is 4.31 Å². The maximum absolute atomic E-state index is 12.5. The van der Waals surface area contributed by atoms with Crippen molar-refractivity contribution in [3.05, 3.63) is 41.3 Å². The second-order valence-corrected chi connectivity index (χ2v) is 10.0. The van der Waals surface area contributed by atoms with E-state index >= 15 is 0 Å². The Bertz CT molecular complexity index is 781. The van der Waals surface area contributed by atoms with Crippen LogP contribution < -0.4 is 5.32 Å². The minimum absolute atomic E-state index is 0.0320. The van der Waals surface area contributed by atoms with Crippen molar-refractivity contribution in [2.24, 2.45) is 5.92 Å². The van der Waals surface area contributed by atoms with Crippen LogP contribution in [0.5, 0.6) is 0 Å². The third kappa shape index (κ3) is 7.22. The Morgan fingerprint density at radius 2 is 1.77 bits per heavy atom. The zero-order chi connectivity index (χ0) is 21.2. The van der Waals surface area contributed by atoms with Crippen LogP contribution in [0.1, 0.15) is 56.9 Å². The number of hydrogen-bond donors (Lipinski definition) is 1. The van der Waals surface area contributed by atoms with Gasteiger partial charge in [0, 0.05) is 37.6 Å². The predicted molar refractivity (Wildman–Crippen MR) is 119 cm³/mol. The number of amides is 1. The number of rotatable bonds is 9. The molecule has 1 saturated heterocycles. The Kier molecular flexibility index (Phi) is 8.90. The van der Waals surface area contributed by atoms with Gasteiger partial charge in [0.15, 0.2) is 0 Å². The second-order valence-electron chi connectivity index (χ2n) is 8.21. The van der Waals surface area contributed by atoms with Crippen molar-refractivity contribution in [3.8, 4) is 0 Å². The summed E-state index contributed by atoms with van der Waals surface area (Å²) in [6.07, 6.45) is 10.1. The van der Waals surface area contributed by atoms with E-state index < -0.39 is 10.0 Å². The van der Waals surface area contributed by atoms with Gasteiger partial charge in [0.25, 0.3) is 0 Å². The number of sulfonamides is 1. The van der Waals surface area contributed by atoms with E-state index in [-0.39, 0.29) is 11.8 Å². The Hall–Kier alpha value is -1.70. The van der Waals surface area contributed by atoms with Crippen LogP contribution in [0.4, 0.5) is 0 Å². The van der Waals surface area contributed by atoms with Crippen LogP contribution in [0.15, 0.2) is 35.7 Å². The molecule has 0 unspecified atom stereocenters. The molecule has 0 spiro atoms. The van der Waals surface area contributed by atoms with Gasteiger partial charge in [-0.05, 0) is 43.7 Å². The SMILES string of the molecule is O=C(NCCCOC1CCCCC1)C1CCN(S(=O)(=O)/C=C/c2ccccc2)CC1. The molecule has 1 amide bonds. The van der Waals surface area contributed by atoms with Crippen LogP contribution in [-0.4, -0.2) is 51.0 Å². The van der Waals surface area contributed by atoms with Crippen molar-refractivity contribution in [3.63, 3.8) is 0 Å². The van der Waals surface area contributed by atoms with Gasteiger partial charge in [-0.15, -0.1) is 0 Å². The number of benzene rings is 1. The molecule has 1 aliphatic carbocycles. The van der Waals surface area contributed by atoms with E-state index in [1.54, 1.807) is 6.08 Å². The van der Waals surface area contributed by atoms with Gasteiger partial charge >= 0.3 is 0 Å². The number of piperidine rings is 1. The van der Waals surface area contributed by atoms with Gasteiger partial charge in [0.05, 0.1) is 6.10 Å². The summed E-state index contributed by atoms with van der Waals surface area (Å²) < 4.78 is 32.4. The monoisotopic (exact) mass is 434 g/mol. The van der Waals surface area contributed by atoms with E-state index in [4.69, 9.17) is 4.74 Å². The highest BCUT2D eigenvalue weighted by atomic mass is 32.2. The number of carbonyl (C=O) groups excluding carboxylic acids is 1. The number of ether oxygens (including phenoxy) is 1. The lowest BCUT2D eigenvalue weighted by Crippen LogP contribution is -2.42. The molecule has 1 N–H and O–H groups in total. The number of nitrogens with zero attached hydrogens (tertiary/aromatic N) is 1. The highest BCUT2D eigenvalue weighted by molar-refractivity contribution is 7.92. The van der Waals surface area contributed by atoms with Gasteiger partial charge in [-0.25, -0.2) is 8.42 Å². The van der Waals surface area contributed by atoms with Gasteiger partial charge in [-0.3, -0.25) is 4.79 Å². The van der Waals surface area contributed by atoms with Crippen LogP contribution >= 0.6 is 0 Å². The smallest absolute Gasteiger partial charge is 0.236 e. The number of hydrogen-bond acceptors (Lipinski definition) is 4. The Balaban J connectivity index is 1.34. The minimum Gasteiger partial charge on any atom is -0.378 e. The zero-order valence-corrected chi connectivity index (χ0v) is 18.5. The maximum Gasteiger partial charge on any atom is 0.236 e. The summed E-state index contributed by atoms with van der Waals surface area (Å²) >= 11 is 0. The fraction of sp³-hybridized carbons (Fsp3) is 0.609. The van der Waals surface area contributed by atoms with Crippen LogP contribution in [0.3, 0.4) is 0 Å². The topological polar surface area (TPSA) is 75.7 Å². The van der Waals surface area contributed by atoms with Crippen LogP contribution in [0.2, 0.25) is 0 Å². The fourth-order valence-corrected chi connectivity index (χ4v) is 5.32. The molecule has 1 heterocycles. The first-order valence-corrected chi connectivity index (χ1v) is 12.7. The lowest BCUT2D eigenvalue weighted by molar-refractivity contribution is -0.126. The van der Waals surface area contributed by atoms with E-state index in [0.29, 0.717) is 45.2 Å². The van der Waals surface area contributed by atoms with Crippen molar-refractivity contribution in [1.29, 1.82) is 0 Å². The van der Waals surface area contributed by atoms with E-state index in [1.807, 2.05) is 30.3 Å². The van der Waals surface area contributed by atoms with Crippen LogP contribution in [0.25, 0.3) is 6.08 Å². The Labute approximate surface area is 180 Å². The first kappa shape index (κ1) is 23.0. The molecule has 0 bridgehead atoms. The molecule has 3 rings (SSSR count). The summed E-state index contributed by atoms with van der Waals surface area (Å²) in [5.74, 6) is -0.0849. The Morgan fingerprint density at radius 1 is 1.07 bits per heavy atom. The third-order valence-electron chi connectivity index (χ3n) is 5.94. The lowest BCUT2D eigenvalue weighted by atomic mass is 9.97. The molecule has 1 aromatic carbocycles. The molecule has 0 aromatic heterocycles. The fourth-order valence-electron chi connectivity index (χ4n) is 4.10. The maximum atomic E-state index is 12.5. The van der Waals surface area contributed by atoms with E-state index in [9.17, 15) is 13.2 Å². The molecule has 7 heteroatoms. The summed E-state index contributed by atoms with van der Waals surface area (Å²) in [6, 6.07) is 9.37. The van der Waals surface area contributed by atoms with E-state index in [1.165, 1.54) is 29.0 Å². The Morgan fingerprint density at radius 3 is 2.47 bits per heavy atom. The third-order valence-corrected chi connectivity index (χ3v) is 7.51. The average Bonchev–Trinajstić information content (AvgIpc) is 2.79. The number of nitrogens with one attached hydrogen (secondary N) is 1. The summed E-state index contributed by atoms with van der Waals surface area (Å²) in [6.45, 7) is 2.06. The van der Waals surface area contributed by atoms with Crippen molar-refractivity contribution >= 4 is 22.0 Å². The molecule has 2 fully saturated rings. The normalized spacial score (nSPS) is 19.9. The van der Waals surface area contributed by atoms with Crippen LogP contribution in [-0.2, 0) is 19.6 Å². The molecule has 0 atom stereocenters. The summed E-state index contributed by atoms with van der Waals surface area (Å²) in [7, 11) is -3.46. The minimum atomic E-state index is -3.46. The summed E-state index contributed by atoms with van der Waals surface area (Å²) in [5, 5.41) is 4.25. The van der Waals surface area contributed by atoms with Gasteiger partial charge in [-0.1, -0.05) is 49.6 Å². The first-order chi connectivity index (χ1) is 14.5. The molecule has 30 heavy (non-hydrogen) atoms. The van der Waals surface area contributed by atoms with E-state index in [2.05, 4.69) is 5.32 Å². The second kappa shape index (κ2) is 11.6. The first-order valence-electron chi connectivity index (χ1n) is 11.2. The lowest BCUT2D eigenvalue weighted by Gasteiger charge is -2.29. The predicted octanol–water partition coefficient (Wildman–Crippen LogP) is 3.55. The molecule has 2 aliphatic rings. The van der Waals surface area contributed by atoms with Crippen molar-refractivity contribution in [1.82, 2.24) is 9.62 Å². The van der Waals surface area contributed by atoms with Crippen LogP contribution in [0, 0.1) is 5.92 Å². The van der Waals surface area contributed by atoms with Gasteiger partial charge in [0.2, 0.25) is 15.9 Å². The molecule has 166 valence electrons. The molecular weight excluding hydrogens is 400 g/mol. The molecule has 1 saturated carbocycles. The van der Waals surface area contributed by atoms with Gasteiger partial charge < -0.3 is 10.1 Å². The zero-order valence-electron chi connectivity index (χ0n) is 17.7. The molecule has 6 nitrogen and oxygen atoms in total. The van der Waals surface area contributed by atoms with Gasteiger partial charge in [0.1, 0.15) is 0 Å².